The van der Waals surface area contributed by atoms with Crippen molar-refractivity contribution in [1.82, 2.24) is 5.43 Å². The highest BCUT2D eigenvalue weighted by atomic mass is 35.5. The Morgan fingerprint density at radius 1 is 1.17 bits per heavy atom. The van der Waals surface area contributed by atoms with Crippen molar-refractivity contribution in [1.29, 1.82) is 0 Å². The summed E-state index contributed by atoms with van der Waals surface area (Å²) in [4.78, 5) is 12.6. The number of nitrogens with zero attached hydrogens (tertiary/aromatic N) is 1. The van der Waals surface area contributed by atoms with Gasteiger partial charge in [0.15, 0.2) is 0 Å². The Hall–Kier alpha value is -2.92. The Balaban J connectivity index is 1.83. The summed E-state index contributed by atoms with van der Waals surface area (Å²) in [5.74, 6) is 1.45. The number of carbonyl (C=O) groups excluding carboxylic acids is 1. The van der Waals surface area contributed by atoms with Gasteiger partial charge in [-0.15, -0.1) is 0 Å². The van der Waals surface area contributed by atoms with E-state index in [1.54, 1.807) is 5.01 Å². The summed E-state index contributed by atoms with van der Waals surface area (Å²) >= 11 is 6.34. The van der Waals surface area contributed by atoms with Crippen LogP contribution in [-0.2, 0) is 4.79 Å². The van der Waals surface area contributed by atoms with E-state index in [4.69, 9.17) is 21.1 Å². The highest BCUT2D eigenvalue weighted by Gasteiger charge is 2.51. The molecule has 29 heavy (non-hydrogen) atoms. The second-order valence-corrected chi connectivity index (χ2v) is 8.36. The van der Waals surface area contributed by atoms with E-state index in [1.807, 2.05) is 69.3 Å². The average Bonchev–Trinajstić information content (AvgIpc) is 2.83. The highest BCUT2D eigenvalue weighted by molar-refractivity contribution is 6.31. The van der Waals surface area contributed by atoms with Crippen molar-refractivity contribution in [2.24, 2.45) is 5.41 Å². The predicted octanol–water partition coefficient (Wildman–Crippen LogP) is 5.15. The van der Waals surface area contributed by atoms with Crippen LogP contribution in [0.15, 0.2) is 48.5 Å². The number of rotatable bonds is 2. The molecule has 1 amide bonds. The van der Waals surface area contributed by atoms with Gasteiger partial charge in [-0.2, -0.15) is 0 Å². The number of anilines is 1. The molecule has 1 N–H and O–H groups in total. The molecule has 0 aromatic heterocycles. The summed E-state index contributed by atoms with van der Waals surface area (Å²) < 4.78 is 12.2. The first-order valence-electron chi connectivity index (χ1n) is 9.66. The third-order valence-electron chi connectivity index (χ3n) is 5.65. The molecule has 0 radical (unpaired) electrons. The number of ether oxygens (including phenoxy) is 2. The van der Waals surface area contributed by atoms with Crippen LogP contribution < -0.4 is 19.9 Å². The Kier molecular flexibility index (Phi) is 3.93. The first-order valence-corrected chi connectivity index (χ1v) is 10.0. The van der Waals surface area contributed by atoms with E-state index < -0.39 is 11.6 Å². The van der Waals surface area contributed by atoms with Crippen LogP contribution in [0.2, 0.25) is 5.02 Å². The molecule has 5 rings (SSSR count). The molecular weight excluding hydrogens is 388 g/mol. The minimum atomic E-state index is -0.733. The molecule has 6 heteroatoms. The first-order chi connectivity index (χ1) is 13.9. The van der Waals surface area contributed by atoms with Crippen LogP contribution in [0.25, 0.3) is 21.9 Å². The van der Waals surface area contributed by atoms with Gasteiger partial charge in [0, 0.05) is 16.1 Å². The Morgan fingerprint density at radius 2 is 1.97 bits per heavy atom. The molecule has 1 fully saturated rings. The number of hydrazine groups is 1. The maximum Gasteiger partial charge on any atom is 0.250 e. The first kappa shape index (κ1) is 18.1. The normalized spacial score (nSPS) is 19.0. The predicted molar refractivity (Wildman–Crippen MR) is 114 cm³/mol. The quantitative estimate of drug-likeness (QED) is 0.636. The number of carbonyl (C=O) groups is 1. The van der Waals surface area contributed by atoms with Crippen molar-refractivity contribution in [3.8, 4) is 22.6 Å². The molecule has 0 saturated carbocycles. The standard InChI is InChI=1S/C23H21ClN2O3/c1-4-28-15-8-5-13-6-10-19-20(17(13)12-15)16-9-7-14(24)11-18(16)26-22(29-19)23(2,3)21(27)25-26/h5-12,22H,4H2,1-3H3,(H,25,27). The summed E-state index contributed by atoms with van der Waals surface area (Å²) in [5, 5.41) is 4.51. The van der Waals surface area contributed by atoms with Crippen LogP contribution in [0.1, 0.15) is 20.8 Å². The molecular formula is C23H21ClN2O3. The van der Waals surface area contributed by atoms with E-state index in [0.717, 1.165) is 39.1 Å². The zero-order valence-corrected chi connectivity index (χ0v) is 17.2. The fourth-order valence-corrected chi connectivity index (χ4v) is 4.25. The van der Waals surface area contributed by atoms with Gasteiger partial charge in [-0.3, -0.25) is 10.2 Å². The number of amides is 1. The third-order valence-corrected chi connectivity index (χ3v) is 5.89. The molecule has 1 unspecified atom stereocenters. The van der Waals surface area contributed by atoms with Crippen molar-refractivity contribution in [3.63, 3.8) is 0 Å². The van der Waals surface area contributed by atoms with Gasteiger partial charge in [0.1, 0.15) is 16.9 Å². The van der Waals surface area contributed by atoms with Gasteiger partial charge in [0.25, 0.3) is 0 Å². The van der Waals surface area contributed by atoms with Crippen LogP contribution in [0.4, 0.5) is 5.69 Å². The van der Waals surface area contributed by atoms with E-state index in [2.05, 4.69) is 5.43 Å². The van der Waals surface area contributed by atoms with Crippen molar-refractivity contribution in [3.05, 3.63) is 53.6 Å². The van der Waals surface area contributed by atoms with E-state index in [0.29, 0.717) is 11.6 Å². The van der Waals surface area contributed by atoms with E-state index in [-0.39, 0.29) is 5.91 Å². The van der Waals surface area contributed by atoms with Gasteiger partial charge in [-0.05, 0) is 61.9 Å². The van der Waals surface area contributed by atoms with Gasteiger partial charge in [0.2, 0.25) is 12.1 Å². The van der Waals surface area contributed by atoms with Crippen LogP contribution in [0.3, 0.4) is 0 Å². The molecule has 1 atom stereocenters. The Morgan fingerprint density at radius 3 is 2.76 bits per heavy atom. The molecule has 148 valence electrons. The SMILES string of the molecule is CCOc1ccc2ccc3c(c2c1)-c1ccc(Cl)cc1N1NC(=O)C(C)(C)C1O3. The minimum Gasteiger partial charge on any atom is -0.494 e. The second-order valence-electron chi connectivity index (χ2n) is 7.92. The van der Waals surface area contributed by atoms with E-state index in [1.165, 1.54) is 0 Å². The van der Waals surface area contributed by atoms with Gasteiger partial charge in [-0.1, -0.05) is 29.8 Å². The summed E-state index contributed by atoms with van der Waals surface area (Å²) in [7, 11) is 0. The maximum absolute atomic E-state index is 12.6. The number of fused-ring (bicyclic) bond motifs is 7. The fourth-order valence-electron chi connectivity index (χ4n) is 4.08. The third kappa shape index (κ3) is 2.64. The van der Waals surface area contributed by atoms with Crippen molar-refractivity contribution >= 4 is 34.0 Å². The summed E-state index contributed by atoms with van der Waals surface area (Å²) in [6, 6.07) is 15.8. The van der Waals surface area contributed by atoms with Gasteiger partial charge in [0.05, 0.1) is 12.3 Å². The van der Waals surface area contributed by atoms with Crippen molar-refractivity contribution in [2.45, 2.75) is 27.0 Å². The number of halogens is 1. The molecule has 1 saturated heterocycles. The summed E-state index contributed by atoms with van der Waals surface area (Å²) in [6.45, 7) is 6.33. The Bertz CT molecular complexity index is 1160. The van der Waals surface area contributed by atoms with Gasteiger partial charge >= 0.3 is 0 Å². The van der Waals surface area contributed by atoms with Crippen LogP contribution in [0, 0.1) is 5.41 Å². The smallest absolute Gasteiger partial charge is 0.250 e. The molecule has 5 nitrogen and oxygen atoms in total. The maximum atomic E-state index is 12.6. The molecule has 0 bridgehead atoms. The van der Waals surface area contributed by atoms with Crippen molar-refractivity contribution < 1.29 is 14.3 Å². The van der Waals surface area contributed by atoms with E-state index in [9.17, 15) is 4.79 Å². The molecule has 3 aromatic rings. The summed E-state index contributed by atoms with van der Waals surface area (Å²) in [5.41, 5.74) is 4.97. The average molecular weight is 409 g/mol. The topological polar surface area (TPSA) is 50.8 Å². The molecule has 3 aromatic carbocycles. The zero-order chi connectivity index (χ0) is 20.3. The van der Waals surface area contributed by atoms with Crippen LogP contribution >= 0.6 is 11.6 Å². The van der Waals surface area contributed by atoms with E-state index >= 15 is 0 Å². The van der Waals surface area contributed by atoms with Crippen LogP contribution in [0.5, 0.6) is 11.5 Å². The monoisotopic (exact) mass is 408 g/mol. The highest BCUT2D eigenvalue weighted by Crippen LogP contribution is 2.49. The fraction of sp³-hybridized carbons (Fsp3) is 0.261. The second kappa shape index (κ2) is 6.29. The molecule has 0 spiro atoms. The molecule has 2 aliphatic heterocycles. The lowest BCUT2D eigenvalue weighted by atomic mass is 9.91. The number of nitrogens with one attached hydrogen (secondary N) is 1. The lowest BCUT2D eigenvalue weighted by Crippen LogP contribution is -2.44. The largest absolute Gasteiger partial charge is 0.494 e. The lowest BCUT2D eigenvalue weighted by Gasteiger charge is -2.29. The summed E-state index contributed by atoms with van der Waals surface area (Å²) in [6.07, 6.45) is -0.499. The number of benzene rings is 3. The number of hydrogen-bond donors (Lipinski definition) is 1. The lowest BCUT2D eigenvalue weighted by molar-refractivity contribution is -0.128. The molecule has 2 heterocycles. The molecule has 2 aliphatic rings. The number of hydrogen-bond acceptors (Lipinski definition) is 4. The van der Waals surface area contributed by atoms with Crippen LogP contribution in [-0.4, -0.2) is 18.7 Å². The minimum absolute atomic E-state index is 0.0868. The zero-order valence-electron chi connectivity index (χ0n) is 16.5. The van der Waals surface area contributed by atoms with Crippen molar-refractivity contribution in [2.75, 3.05) is 11.6 Å². The Labute approximate surface area is 174 Å². The molecule has 0 aliphatic carbocycles. The van der Waals surface area contributed by atoms with Gasteiger partial charge in [-0.25, -0.2) is 5.01 Å². The van der Waals surface area contributed by atoms with Gasteiger partial charge < -0.3 is 9.47 Å².